The van der Waals surface area contributed by atoms with Crippen molar-refractivity contribution in [2.45, 2.75) is 25.2 Å². The third-order valence-corrected chi connectivity index (χ3v) is 4.32. The van der Waals surface area contributed by atoms with Gasteiger partial charge in [0.25, 0.3) is 0 Å². The number of nitrogens with zero attached hydrogens (tertiary/aromatic N) is 1. The molecule has 2 aromatic rings. The molecule has 4 nitrogen and oxygen atoms in total. The van der Waals surface area contributed by atoms with Gasteiger partial charge in [-0.25, -0.2) is 0 Å². The lowest BCUT2D eigenvalue weighted by molar-refractivity contribution is 0.413. The second kappa shape index (κ2) is 7.18. The zero-order valence-corrected chi connectivity index (χ0v) is 13.5. The second-order valence-corrected chi connectivity index (χ2v) is 5.87. The van der Waals surface area contributed by atoms with E-state index in [1.54, 1.807) is 7.11 Å². The Morgan fingerprint density at radius 2 is 2.09 bits per heavy atom. The molecule has 2 aromatic carbocycles. The summed E-state index contributed by atoms with van der Waals surface area (Å²) in [4.78, 5) is 4.54. The highest BCUT2D eigenvalue weighted by Crippen LogP contribution is 2.33. The van der Waals surface area contributed by atoms with Gasteiger partial charge in [0.1, 0.15) is 5.75 Å². The van der Waals surface area contributed by atoms with Crippen LogP contribution in [0.4, 0.5) is 5.69 Å². The number of anilines is 1. The molecule has 0 radical (unpaired) electrons. The molecule has 120 valence electrons. The van der Waals surface area contributed by atoms with Gasteiger partial charge in [-0.15, -0.1) is 0 Å². The first-order valence-corrected chi connectivity index (χ1v) is 8.05. The van der Waals surface area contributed by atoms with Gasteiger partial charge in [0.2, 0.25) is 0 Å². The van der Waals surface area contributed by atoms with E-state index >= 15 is 0 Å². The number of benzene rings is 2. The highest BCUT2D eigenvalue weighted by molar-refractivity contribution is 5.92. The molecule has 0 aromatic heterocycles. The average Bonchev–Trinajstić information content (AvgIpc) is 2.60. The zero-order valence-electron chi connectivity index (χ0n) is 13.5. The maximum Gasteiger partial charge on any atom is 0.193 e. The number of aryl methyl sites for hydroxylation is 1. The van der Waals surface area contributed by atoms with Crippen LogP contribution >= 0.6 is 0 Å². The minimum atomic E-state index is 0.431. The SMILES string of the molecule is COc1ccc2c(c1)CCCC2CN=C(N)Nc1ccccc1. The Morgan fingerprint density at radius 1 is 1.26 bits per heavy atom. The van der Waals surface area contributed by atoms with Crippen molar-refractivity contribution >= 4 is 11.6 Å². The molecule has 0 heterocycles. The van der Waals surface area contributed by atoms with Gasteiger partial charge in [0, 0.05) is 18.2 Å². The fourth-order valence-corrected chi connectivity index (χ4v) is 3.13. The molecule has 4 heteroatoms. The van der Waals surface area contributed by atoms with E-state index in [-0.39, 0.29) is 0 Å². The number of ether oxygens (including phenoxy) is 1. The lowest BCUT2D eigenvalue weighted by atomic mass is 9.83. The fourth-order valence-electron chi connectivity index (χ4n) is 3.13. The molecule has 3 N–H and O–H groups in total. The van der Waals surface area contributed by atoms with Crippen LogP contribution in [0.25, 0.3) is 0 Å². The minimum Gasteiger partial charge on any atom is -0.497 e. The van der Waals surface area contributed by atoms with Crippen LogP contribution in [0.2, 0.25) is 0 Å². The molecule has 1 aliphatic carbocycles. The van der Waals surface area contributed by atoms with Crippen LogP contribution in [0, 0.1) is 0 Å². The molecule has 0 amide bonds. The molecule has 0 saturated heterocycles. The van der Waals surface area contributed by atoms with Crippen LogP contribution in [0.15, 0.2) is 53.5 Å². The Morgan fingerprint density at radius 3 is 2.87 bits per heavy atom. The van der Waals surface area contributed by atoms with Crippen molar-refractivity contribution in [3.05, 3.63) is 59.7 Å². The van der Waals surface area contributed by atoms with Crippen molar-refractivity contribution in [1.29, 1.82) is 0 Å². The number of fused-ring (bicyclic) bond motifs is 1. The second-order valence-electron chi connectivity index (χ2n) is 5.87. The average molecular weight is 309 g/mol. The van der Waals surface area contributed by atoms with Crippen LogP contribution in [-0.4, -0.2) is 19.6 Å². The third kappa shape index (κ3) is 3.83. The van der Waals surface area contributed by atoms with E-state index in [4.69, 9.17) is 10.5 Å². The summed E-state index contributed by atoms with van der Waals surface area (Å²) < 4.78 is 5.32. The molecule has 1 unspecified atom stereocenters. The maximum atomic E-state index is 6.01. The Hall–Kier alpha value is -2.49. The first kappa shape index (κ1) is 15.4. The summed E-state index contributed by atoms with van der Waals surface area (Å²) in [6.07, 6.45) is 3.46. The van der Waals surface area contributed by atoms with Crippen LogP contribution in [0.3, 0.4) is 0 Å². The molecule has 1 aliphatic rings. The van der Waals surface area contributed by atoms with Crippen molar-refractivity contribution in [2.24, 2.45) is 10.7 Å². The number of nitrogens with two attached hydrogens (primary N) is 1. The van der Waals surface area contributed by atoms with Crippen molar-refractivity contribution in [3.8, 4) is 5.75 Å². The van der Waals surface area contributed by atoms with E-state index in [2.05, 4.69) is 22.4 Å². The van der Waals surface area contributed by atoms with E-state index in [0.29, 0.717) is 18.4 Å². The van der Waals surface area contributed by atoms with Crippen LogP contribution in [0.1, 0.15) is 29.9 Å². The highest BCUT2D eigenvalue weighted by Gasteiger charge is 2.20. The van der Waals surface area contributed by atoms with Gasteiger partial charge < -0.3 is 15.8 Å². The van der Waals surface area contributed by atoms with E-state index in [9.17, 15) is 0 Å². The number of rotatable bonds is 4. The van der Waals surface area contributed by atoms with E-state index in [1.165, 1.54) is 17.5 Å². The number of nitrogens with one attached hydrogen (secondary N) is 1. The smallest absolute Gasteiger partial charge is 0.193 e. The Bertz CT molecular complexity index is 682. The molecule has 0 fully saturated rings. The van der Waals surface area contributed by atoms with Crippen molar-refractivity contribution in [2.75, 3.05) is 19.0 Å². The summed E-state index contributed by atoms with van der Waals surface area (Å²) in [7, 11) is 1.71. The predicted octanol–water partition coefficient (Wildman–Crippen LogP) is 3.54. The van der Waals surface area contributed by atoms with Gasteiger partial charge in [-0.05, 0) is 54.7 Å². The van der Waals surface area contributed by atoms with Gasteiger partial charge in [0.15, 0.2) is 5.96 Å². The quantitative estimate of drug-likeness (QED) is 0.671. The monoisotopic (exact) mass is 309 g/mol. The van der Waals surface area contributed by atoms with Gasteiger partial charge in [-0.2, -0.15) is 0 Å². The lowest BCUT2D eigenvalue weighted by Crippen LogP contribution is -2.24. The topological polar surface area (TPSA) is 59.6 Å². The minimum absolute atomic E-state index is 0.431. The predicted molar refractivity (Wildman–Crippen MR) is 95.2 cm³/mol. The number of methoxy groups -OCH3 is 1. The molecule has 3 rings (SSSR count). The van der Waals surface area contributed by atoms with Crippen LogP contribution < -0.4 is 15.8 Å². The van der Waals surface area contributed by atoms with E-state index < -0.39 is 0 Å². The summed E-state index contributed by atoms with van der Waals surface area (Å²) in [5, 5.41) is 3.13. The van der Waals surface area contributed by atoms with Crippen LogP contribution in [-0.2, 0) is 6.42 Å². The highest BCUT2D eigenvalue weighted by atomic mass is 16.5. The summed E-state index contributed by atoms with van der Waals surface area (Å²) in [5.74, 6) is 1.83. The summed E-state index contributed by atoms with van der Waals surface area (Å²) in [6.45, 7) is 0.713. The Labute approximate surface area is 137 Å². The zero-order chi connectivity index (χ0) is 16.1. The summed E-state index contributed by atoms with van der Waals surface area (Å²) in [6, 6.07) is 16.2. The number of guanidine groups is 1. The van der Waals surface area contributed by atoms with E-state index in [1.807, 2.05) is 36.4 Å². The van der Waals surface area contributed by atoms with Crippen LogP contribution in [0.5, 0.6) is 5.75 Å². The summed E-state index contributed by atoms with van der Waals surface area (Å²) >= 11 is 0. The molecule has 0 saturated carbocycles. The van der Waals surface area contributed by atoms with Gasteiger partial charge in [-0.3, -0.25) is 4.99 Å². The molecule has 0 spiro atoms. The molecular formula is C19H23N3O. The number of aliphatic imine (C=N–C) groups is 1. The third-order valence-electron chi connectivity index (χ3n) is 4.32. The maximum absolute atomic E-state index is 6.01. The van der Waals surface area contributed by atoms with E-state index in [0.717, 1.165) is 24.3 Å². The summed E-state index contributed by atoms with van der Waals surface area (Å²) in [5.41, 5.74) is 9.73. The normalized spacial score (nSPS) is 17.4. The number of hydrogen-bond donors (Lipinski definition) is 2. The Kier molecular flexibility index (Phi) is 4.81. The largest absolute Gasteiger partial charge is 0.497 e. The van der Waals surface area contributed by atoms with Crippen molar-refractivity contribution in [1.82, 2.24) is 0 Å². The number of hydrogen-bond acceptors (Lipinski definition) is 2. The first-order chi connectivity index (χ1) is 11.3. The fraction of sp³-hybridized carbons (Fsp3) is 0.316. The Balaban J connectivity index is 1.68. The molecule has 23 heavy (non-hydrogen) atoms. The molecule has 0 bridgehead atoms. The van der Waals surface area contributed by atoms with Gasteiger partial charge >= 0.3 is 0 Å². The van der Waals surface area contributed by atoms with Crippen molar-refractivity contribution in [3.63, 3.8) is 0 Å². The number of para-hydroxylation sites is 1. The lowest BCUT2D eigenvalue weighted by Gasteiger charge is -2.24. The van der Waals surface area contributed by atoms with Crippen molar-refractivity contribution < 1.29 is 4.74 Å². The molecular weight excluding hydrogens is 286 g/mol. The molecule has 0 aliphatic heterocycles. The van der Waals surface area contributed by atoms with Gasteiger partial charge in [0.05, 0.1) is 7.11 Å². The molecule has 1 atom stereocenters. The standard InChI is InChI=1S/C19H23N3O/c1-23-17-10-11-18-14(12-17)6-5-7-15(18)13-21-19(20)22-16-8-3-2-4-9-16/h2-4,8-12,15H,5-7,13H2,1H3,(H3,20,21,22). The first-order valence-electron chi connectivity index (χ1n) is 8.05. The van der Waals surface area contributed by atoms with Gasteiger partial charge in [-0.1, -0.05) is 24.3 Å².